The molecule has 1 saturated heterocycles. The Kier molecular flexibility index (Phi) is 4.85. The highest BCUT2D eigenvalue weighted by Gasteiger charge is 2.25. The molecule has 3 heteroatoms. The highest BCUT2D eigenvalue weighted by molar-refractivity contribution is 4.80. The molecule has 1 fully saturated rings. The number of nitrogens with two attached hydrogens (primary N) is 1. The zero-order valence-corrected chi connectivity index (χ0v) is 9.45. The first-order valence-corrected chi connectivity index (χ1v) is 5.79. The maximum atomic E-state index is 9.52. The average molecular weight is 200 g/mol. The van der Waals surface area contributed by atoms with E-state index in [-0.39, 0.29) is 6.10 Å². The zero-order valence-electron chi connectivity index (χ0n) is 9.45. The van der Waals surface area contributed by atoms with E-state index in [0.717, 1.165) is 19.0 Å². The van der Waals surface area contributed by atoms with Gasteiger partial charge in [0.05, 0.1) is 6.10 Å². The second-order valence-corrected chi connectivity index (χ2v) is 4.54. The van der Waals surface area contributed by atoms with E-state index >= 15 is 0 Å². The lowest BCUT2D eigenvalue weighted by atomic mass is 9.91. The van der Waals surface area contributed by atoms with E-state index in [9.17, 15) is 5.11 Å². The van der Waals surface area contributed by atoms with Gasteiger partial charge < -0.3 is 10.8 Å². The van der Waals surface area contributed by atoms with Crippen molar-refractivity contribution in [2.24, 2.45) is 11.7 Å². The van der Waals surface area contributed by atoms with Crippen molar-refractivity contribution >= 4 is 0 Å². The van der Waals surface area contributed by atoms with Crippen LogP contribution >= 0.6 is 0 Å². The quantitative estimate of drug-likeness (QED) is 0.706. The Morgan fingerprint density at radius 3 is 2.79 bits per heavy atom. The van der Waals surface area contributed by atoms with Crippen molar-refractivity contribution in [2.45, 2.75) is 45.3 Å². The van der Waals surface area contributed by atoms with Gasteiger partial charge in [-0.3, -0.25) is 4.90 Å². The first-order valence-electron chi connectivity index (χ1n) is 5.79. The highest BCUT2D eigenvalue weighted by atomic mass is 16.3. The van der Waals surface area contributed by atoms with Crippen molar-refractivity contribution in [2.75, 3.05) is 19.6 Å². The number of aliphatic hydroxyl groups excluding tert-OH is 1. The van der Waals surface area contributed by atoms with Crippen molar-refractivity contribution < 1.29 is 5.11 Å². The summed E-state index contributed by atoms with van der Waals surface area (Å²) in [5.74, 6) is 0.816. The van der Waals surface area contributed by atoms with Gasteiger partial charge >= 0.3 is 0 Å². The summed E-state index contributed by atoms with van der Waals surface area (Å²) < 4.78 is 0. The van der Waals surface area contributed by atoms with Crippen molar-refractivity contribution in [1.29, 1.82) is 0 Å². The van der Waals surface area contributed by atoms with Gasteiger partial charge in [0.1, 0.15) is 0 Å². The van der Waals surface area contributed by atoms with Crippen LogP contribution in [0.15, 0.2) is 0 Å². The predicted octanol–water partition coefficient (Wildman–Crippen LogP) is 0.817. The minimum atomic E-state index is -0.354. The van der Waals surface area contributed by atoms with Gasteiger partial charge in [-0.05, 0) is 25.7 Å². The molecule has 14 heavy (non-hydrogen) atoms. The van der Waals surface area contributed by atoms with E-state index in [2.05, 4.69) is 18.7 Å². The molecule has 1 rings (SSSR count). The van der Waals surface area contributed by atoms with E-state index < -0.39 is 0 Å². The minimum absolute atomic E-state index is 0.354. The third kappa shape index (κ3) is 3.23. The third-order valence-electron chi connectivity index (χ3n) is 3.40. The summed E-state index contributed by atoms with van der Waals surface area (Å²) in [4.78, 5) is 2.38. The summed E-state index contributed by atoms with van der Waals surface area (Å²) in [5.41, 5.74) is 5.43. The predicted molar refractivity (Wildman–Crippen MR) is 59.1 cm³/mol. The summed E-state index contributed by atoms with van der Waals surface area (Å²) in [6.45, 7) is 6.75. The van der Waals surface area contributed by atoms with Crippen LogP contribution in [0.1, 0.15) is 33.1 Å². The average Bonchev–Trinajstić information content (AvgIpc) is 2.21. The van der Waals surface area contributed by atoms with E-state index in [1.165, 1.54) is 19.3 Å². The van der Waals surface area contributed by atoms with Crippen LogP contribution < -0.4 is 5.73 Å². The number of piperidine rings is 1. The van der Waals surface area contributed by atoms with E-state index in [4.69, 9.17) is 5.73 Å². The summed E-state index contributed by atoms with van der Waals surface area (Å²) in [5, 5.41) is 9.52. The first kappa shape index (κ1) is 12.0. The molecule has 3 atom stereocenters. The lowest BCUT2D eigenvalue weighted by Crippen LogP contribution is -2.46. The number of aliphatic hydroxyl groups is 1. The summed E-state index contributed by atoms with van der Waals surface area (Å²) in [7, 11) is 0. The standard InChI is InChI=1S/C11H24N2O/c1-3-10-5-4-9(2)13(7-10)8-11(14)6-12/h9-11,14H,3-8,12H2,1-2H3/t9?,10?,11-/m0/s1. The van der Waals surface area contributed by atoms with Crippen LogP contribution in [0.25, 0.3) is 0 Å². The number of hydrogen-bond donors (Lipinski definition) is 2. The Balaban J connectivity index is 2.40. The molecule has 1 aliphatic rings. The van der Waals surface area contributed by atoms with Crippen molar-refractivity contribution in [3.05, 3.63) is 0 Å². The fraction of sp³-hybridized carbons (Fsp3) is 1.00. The molecule has 0 spiro atoms. The van der Waals surface area contributed by atoms with Crippen molar-refractivity contribution in [3.63, 3.8) is 0 Å². The maximum absolute atomic E-state index is 9.52. The smallest absolute Gasteiger partial charge is 0.0789 e. The van der Waals surface area contributed by atoms with Crippen LogP contribution in [0.4, 0.5) is 0 Å². The number of nitrogens with zero attached hydrogens (tertiary/aromatic N) is 1. The lowest BCUT2D eigenvalue weighted by molar-refractivity contribution is 0.0565. The Morgan fingerprint density at radius 1 is 1.50 bits per heavy atom. The third-order valence-corrected chi connectivity index (χ3v) is 3.40. The molecule has 2 unspecified atom stereocenters. The second kappa shape index (κ2) is 5.69. The molecule has 0 aromatic rings. The largest absolute Gasteiger partial charge is 0.390 e. The molecular weight excluding hydrogens is 176 g/mol. The Labute approximate surface area is 87.3 Å². The topological polar surface area (TPSA) is 49.5 Å². The SMILES string of the molecule is CCC1CCC(C)N(C[C@@H](O)CN)C1. The number of rotatable bonds is 4. The number of likely N-dealkylation sites (tertiary alicyclic amines) is 1. The Hall–Kier alpha value is -0.120. The molecule has 0 aliphatic carbocycles. The minimum Gasteiger partial charge on any atom is -0.390 e. The van der Waals surface area contributed by atoms with Gasteiger partial charge in [-0.2, -0.15) is 0 Å². The normalized spacial score (nSPS) is 31.7. The van der Waals surface area contributed by atoms with Gasteiger partial charge in [0.25, 0.3) is 0 Å². The molecule has 0 bridgehead atoms. The maximum Gasteiger partial charge on any atom is 0.0789 e. The Morgan fingerprint density at radius 2 is 2.21 bits per heavy atom. The van der Waals surface area contributed by atoms with Gasteiger partial charge in [0.2, 0.25) is 0 Å². The van der Waals surface area contributed by atoms with Crippen LogP contribution in [-0.2, 0) is 0 Å². The molecule has 0 aromatic carbocycles. The van der Waals surface area contributed by atoms with E-state index in [1.807, 2.05) is 0 Å². The molecule has 0 saturated carbocycles. The molecule has 1 heterocycles. The Bertz CT molecular complexity index is 161. The van der Waals surface area contributed by atoms with Crippen LogP contribution in [0.3, 0.4) is 0 Å². The van der Waals surface area contributed by atoms with E-state index in [1.54, 1.807) is 0 Å². The number of hydrogen-bond acceptors (Lipinski definition) is 3. The van der Waals surface area contributed by atoms with Crippen LogP contribution in [0, 0.1) is 5.92 Å². The first-order chi connectivity index (χ1) is 6.67. The summed E-state index contributed by atoms with van der Waals surface area (Å²) >= 11 is 0. The highest BCUT2D eigenvalue weighted by Crippen LogP contribution is 2.23. The van der Waals surface area contributed by atoms with Crippen molar-refractivity contribution in [1.82, 2.24) is 4.90 Å². The summed E-state index contributed by atoms with van der Waals surface area (Å²) in [6.07, 6.45) is 3.50. The molecule has 0 aromatic heterocycles. The summed E-state index contributed by atoms with van der Waals surface area (Å²) in [6, 6.07) is 0.610. The molecule has 3 nitrogen and oxygen atoms in total. The zero-order chi connectivity index (χ0) is 10.6. The van der Waals surface area contributed by atoms with Crippen LogP contribution in [-0.4, -0.2) is 41.8 Å². The molecule has 0 radical (unpaired) electrons. The molecular formula is C11H24N2O. The monoisotopic (exact) mass is 200 g/mol. The van der Waals surface area contributed by atoms with Gasteiger partial charge in [-0.15, -0.1) is 0 Å². The van der Waals surface area contributed by atoms with E-state index in [0.29, 0.717) is 12.6 Å². The molecule has 0 amide bonds. The van der Waals surface area contributed by atoms with Gasteiger partial charge in [-0.1, -0.05) is 13.3 Å². The fourth-order valence-electron chi connectivity index (χ4n) is 2.20. The van der Waals surface area contributed by atoms with Gasteiger partial charge in [-0.25, -0.2) is 0 Å². The lowest BCUT2D eigenvalue weighted by Gasteiger charge is -2.38. The second-order valence-electron chi connectivity index (χ2n) is 4.54. The molecule has 84 valence electrons. The van der Waals surface area contributed by atoms with Gasteiger partial charge in [0, 0.05) is 25.7 Å². The van der Waals surface area contributed by atoms with Crippen LogP contribution in [0.2, 0.25) is 0 Å². The molecule has 1 aliphatic heterocycles. The molecule has 3 N–H and O–H groups in total. The van der Waals surface area contributed by atoms with Gasteiger partial charge in [0.15, 0.2) is 0 Å². The van der Waals surface area contributed by atoms with Crippen LogP contribution in [0.5, 0.6) is 0 Å². The number of β-amino-alcohol motifs (C(OH)–C–C–N with tert-alkyl or cyclic N) is 1. The van der Waals surface area contributed by atoms with Crippen molar-refractivity contribution in [3.8, 4) is 0 Å². The fourth-order valence-corrected chi connectivity index (χ4v) is 2.20.